The van der Waals surface area contributed by atoms with Gasteiger partial charge in [-0.1, -0.05) is 0 Å². The SMILES string of the molecule is CC(=O)N1[C@H](C)CN(c2nc(=O)n3c4c(c(-c5ccc(F)cc5F)c(C(F)(F)F)cc24)SCC(N)C3)C[C@@H]1C. The van der Waals surface area contributed by atoms with Crippen molar-refractivity contribution in [3.63, 3.8) is 0 Å². The van der Waals surface area contributed by atoms with E-state index in [1.54, 1.807) is 9.80 Å². The lowest BCUT2D eigenvalue weighted by molar-refractivity contribution is -0.137. The number of thioether (sulfide) groups is 1. The molecule has 3 aromatic rings. The van der Waals surface area contributed by atoms with E-state index < -0.39 is 46.2 Å². The van der Waals surface area contributed by atoms with Crippen molar-refractivity contribution in [2.24, 2.45) is 5.73 Å². The van der Waals surface area contributed by atoms with Gasteiger partial charge in [0.15, 0.2) is 0 Å². The molecular formula is C26H26F5N5O2S. The van der Waals surface area contributed by atoms with Crippen molar-refractivity contribution in [2.75, 3.05) is 23.7 Å². The van der Waals surface area contributed by atoms with E-state index >= 15 is 0 Å². The van der Waals surface area contributed by atoms with Crippen LogP contribution in [0.3, 0.4) is 0 Å². The zero-order valence-corrected chi connectivity index (χ0v) is 22.2. The van der Waals surface area contributed by atoms with Crippen molar-refractivity contribution in [1.82, 2.24) is 14.5 Å². The van der Waals surface area contributed by atoms with E-state index in [1.165, 1.54) is 11.5 Å². The number of carbonyl (C=O) groups excluding carboxylic acids is 1. The molecule has 3 atom stereocenters. The minimum absolute atomic E-state index is 0.00420. The summed E-state index contributed by atoms with van der Waals surface area (Å²) in [5.41, 5.74) is 3.62. The van der Waals surface area contributed by atoms with Crippen LogP contribution < -0.4 is 16.3 Å². The van der Waals surface area contributed by atoms with Gasteiger partial charge >= 0.3 is 11.9 Å². The predicted molar refractivity (Wildman–Crippen MR) is 139 cm³/mol. The summed E-state index contributed by atoms with van der Waals surface area (Å²) in [7, 11) is 0. The number of anilines is 1. The normalized spacial score (nSPS) is 21.8. The van der Waals surface area contributed by atoms with Crippen molar-refractivity contribution in [3.8, 4) is 11.1 Å². The molecule has 1 saturated heterocycles. The number of benzene rings is 2. The fraction of sp³-hybridized carbons (Fsp3) is 0.423. The van der Waals surface area contributed by atoms with Crippen molar-refractivity contribution in [3.05, 3.63) is 51.9 Å². The summed E-state index contributed by atoms with van der Waals surface area (Å²) < 4.78 is 73.8. The van der Waals surface area contributed by atoms with Crippen LogP contribution in [0.2, 0.25) is 0 Å². The number of hydrogen-bond acceptors (Lipinski definition) is 6. The quantitative estimate of drug-likeness (QED) is 0.467. The van der Waals surface area contributed by atoms with Gasteiger partial charge in [-0.15, -0.1) is 11.8 Å². The second kappa shape index (κ2) is 9.77. The molecule has 1 unspecified atom stereocenters. The van der Waals surface area contributed by atoms with Gasteiger partial charge in [-0.25, -0.2) is 13.6 Å². The molecule has 208 valence electrons. The average Bonchev–Trinajstić information content (AvgIpc) is 3.00. The van der Waals surface area contributed by atoms with Gasteiger partial charge in [0.25, 0.3) is 0 Å². The van der Waals surface area contributed by atoms with Crippen molar-refractivity contribution < 1.29 is 26.7 Å². The first kappa shape index (κ1) is 27.4. The first-order valence-corrected chi connectivity index (χ1v) is 13.3. The van der Waals surface area contributed by atoms with Gasteiger partial charge < -0.3 is 15.5 Å². The lowest BCUT2D eigenvalue weighted by Crippen LogP contribution is -2.58. The van der Waals surface area contributed by atoms with E-state index in [-0.39, 0.29) is 65.0 Å². The number of carbonyl (C=O) groups is 1. The second-order valence-electron chi connectivity index (χ2n) is 10.1. The maximum atomic E-state index is 15.0. The molecule has 0 bridgehead atoms. The summed E-state index contributed by atoms with van der Waals surface area (Å²) in [4.78, 5) is 33.1. The summed E-state index contributed by atoms with van der Waals surface area (Å²) in [5.74, 6) is -2.00. The highest BCUT2D eigenvalue weighted by Crippen LogP contribution is 2.48. The fourth-order valence-electron chi connectivity index (χ4n) is 5.72. The zero-order chi connectivity index (χ0) is 28.4. The van der Waals surface area contributed by atoms with Crippen LogP contribution in [-0.2, 0) is 17.5 Å². The Morgan fingerprint density at radius 1 is 1.10 bits per heavy atom. The number of halogens is 5. The number of alkyl halides is 3. The van der Waals surface area contributed by atoms with Gasteiger partial charge in [0, 0.05) is 77.9 Å². The van der Waals surface area contributed by atoms with Gasteiger partial charge in [0.05, 0.1) is 11.1 Å². The Bertz CT molecular complexity index is 1530. The van der Waals surface area contributed by atoms with Crippen LogP contribution >= 0.6 is 11.8 Å². The van der Waals surface area contributed by atoms with Gasteiger partial charge in [-0.2, -0.15) is 18.2 Å². The van der Waals surface area contributed by atoms with Crippen LogP contribution in [0.15, 0.2) is 34.0 Å². The minimum Gasteiger partial charge on any atom is -0.352 e. The molecule has 2 aliphatic heterocycles. The Kier molecular flexibility index (Phi) is 6.86. The van der Waals surface area contributed by atoms with Gasteiger partial charge in [-0.05, 0) is 32.0 Å². The molecule has 1 aromatic heterocycles. The summed E-state index contributed by atoms with van der Waals surface area (Å²) in [5, 5.41) is 0.0699. The topological polar surface area (TPSA) is 84.5 Å². The number of hydrogen-bond donors (Lipinski definition) is 1. The minimum atomic E-state index is -4.91. The molecule has 2 aromatic carbocycles. The Morgan fingerprint density at radius 3 is 2.36 bits per heavy atom. The number of rotatable bonds is 2. The number of piperazine rings is 1. The molecule has 7 nitrogen and oxygen atoms in total. The summed E-state index contributed by atoms with van der Waals surface area (Å²) >= 11 is 1.000. The van der Waals surface area contributed by atoms with Gasteiger partial charge in [-0.3, -0.25) is 9.36 Å². The fourth-order valence-corrected chi connectivity index (χ4v) is 6.93. The average molecular weight is 568 g/mol. The zero-order valence-electron chi connectivity index (χ0n) is 21.4. The van der Waals surface area contributed by atoms with E-state index in [4.69, 9.17) is 5.73 Å². The van der Waals surface area contributed by atoms with Crippen LogP contribution in [0.25, 0.3) is 22.0 Å². The largest absolute Gasteiger partial charge is 0.417 e. The van der Waals surface area contributed by atoms with Crippen LogP contribution in [0, 0.1) is 11.6 Å². The number of amides is 1. The molecule has 0 saturated carbocycles. The lowest BCUT2D eigenvalue weighted by atomic mass is 9.95. The third-order valence-corrected chi connectivity index (χ3v) is 8.43. The van der Waals surface area contributed by atoms with Crippen LogP contribution in [0.1, 0.15) is 26.3 Å². The molecule has 13 heteroatoms. The van der Waals surface area contributed by atoms with Crippen molar-refractivity contribution in [1.29, 1.82) is 0 Å². The summed E-state index contributed by atoms with van der Waals surface area (Å²) in [6.45, 7) is 5.58. The first-order chi connectivity index (χ1) is 18.3. The highest BCUT2D eigenvalue weighted by atomic mass is 32.2. The summed E-state index contributed by atoms with van der Waals surface area (Å²) in [6.07, 6.45) is -4.91. The molecule has 1 fully saturated rings. The van der Waals surface area contributed by atoms with Crippen LogP contribution in [-0.4, -0.2) is 57.3 Å². The highest BCUT2D eigenvalue weighted by Gasteiger charge is 2.40. The molecule has 0 spiro atoms. The third kappa shape index (κ3) is 4.75. The standard InChI is InChI=1S/C26H26F5N5O2S/c1-12-8-34(9-13(2)36(12)14(3)37)24-18-7-19(26(29,30)31)21(17-5-4-15(27)6-20(17)28)23-22(18)35(25(38)33-24)10-16(32)11-39-23/h4-7,12-13,16H,8-11,32H2,1-3H3/t12-,13+,16?. The van der Waals surface area contributed by atoms with Crippen LogP contribution in [0.4, 0.5) is 27.8 Å². The molecule has 0 radical (unpaired) electrons. The van der Waals surface area contributed by atoms with Crippen molar-refractivity contribution in [2.45, 2.75) is 56.5 Å². The van der Waals surface area contributed by atoms with Crippen LogP contribution in [0.5, 0.6) is 0 Å². The first-order valence-electron chi connectivity index (χ1n) is 12.3. The molecule has 5 rings (SSSR count). The van der Waals surface area contributed by atoms with E-state index in [9.17, 15) is 31.5 Å². The van der Waals surface area contributed by atoms with E-state index in [2.05, 4.69) is 4.98 Å². The molecular weight excluding hydrogens is 541 g/mol. The number of nitrogens with two attached hydrogens (primary N) is 1. The molecule has 3 heterocycles. The second-order valence-corrected chi connectivity index (χ2v) is 11.1. The maximum Gasteiger partial charge on any atom is 0.417 e. The van der Waals surface area contributed by atoms with E-state index in [0.717, 1.165) is 30.0 Å². The molecule has 0 aliphatic carbocycles. The molecule has 2 N–H and O–H groups in total. The highest BCUT2D eigenvalue weighted by molar-refractivity contribution is 7.99. The summed E-state index contributed by atoms with van der Waals surface area (Å²) in [6, 6.07) is 2.11. The molecule has 1 amide bonds. The maximum absolute atomic E-state index is 15.0. The van der Waals surface area contributed by atoms with Gasteiger partial charge in [0.1, 0.15) is 17.5 Å². The molecule has 2 aliphatic rings. The van der Waals surface area contributed by atoms with E-state index in [1.807, 2.05) is 13.8 Å². The predicted octanol–water partition coefficient (Wildman–Crippen LogP) is 4.24. The monoisotopic (exact) mass is 567 g/mol. The molecule has 39 heavy (non-hydrogen) atoms. The Labute approximate surface area is 224 Å². The smallest absolute Gasteiger partial charge is 0.352 e. The Hall–Kier alpha value is -3.19. The van der Waals surface area contributed by atoms with Gasteiger partial charge in [0.2, 0.25) is 5.91 Å². The number of nitrogens with zero attached hydrogens (tertiary/aromatic N) is 4. The number of aromatic nitrogens is 2. The Morgan fingerprint density at radius 2 is 1.77 bits per heavy atom. The van der Waals surface area contributed by atoms with Crippen molar-refractivity contribution >= 4 is 34.4 Å². The van der Waals surface area contributed by atoms with E-state index in [0.29, 0.717) is 6.07 Å². The lowest BCUT2D eigenvalue weighted by Gasteiger charge is -2.44. The third-order valence-electron chi connectivity index (χ3n) is 7.15. The Balaban J connectivity index is 1.85.